The van der Waals surface area contributed by atoms with Crippen LogP contribution in [0.1, 0.15) is 30.5 Å². The average molecular weight is 357 g/mol. The molecule has 0 N–H and O–H groups in total. The van der Waals surface area contributed by atoms with E-state index in [0.717, 1.165) is 5.56 Å². The lowest BCUT2D eigenvalue weighted by Crippen LogP contribution is -2.30. The monoisotopic (exact) mass is 356 g/mol. The van der Waals surface area contributed by atoms with Gasteiger partial charge in [-0.15, -0.1) is 0 Å². The van der Waals surface area contributed by atoms with Gasteiger partial charge in [-0.05, 0) is 32.0 Å². The smallest absolute Gasteiger partial charge is 0.149 e. The Kier molecular flexibility index (Phi) is 3.62. The van der Waals surface area contributed by atoms with Crippen LogP contribution in [0, 0.1) is 11.6 Å². The number of hydrogen-bond acceptors (Lipinski definition) is 2. The van der Waals surface area contributed by atoms with Crippen LogP contribution >= 0.6 is 11.6 Å². The van der Waals surface area contributed by atoms with Crippen LogP contribution in [0.4, 0.5) is 8.78 Å². The SMILES string of the molecule is CC1(C)Cc2c(ccc(Cl)c2F)C(c2cnc3c(F)cccc3c2)=N1. The molecule has 4 rings (SSSR count). The first-order valence-corrected chi connectivity index (χ1v) is 8.35. The molecule has 2 heterocycles. The fourth-order valence-corrected chi connectivity index (χ4v) is 3.47. The molecular weight excluding hydrogens is 342 g/mol. The average Bonchev–Trinajstić information content (AvgIpc) is 2.57. The summed E-state index contributed by atoms with van der Waals surface area (Å²) in [5, 5.41) is 0.786. The number of nitrogens with zero attached hydrogens (tertiary/aromatic N) is 2. The maximum atomic E-state index is 14.6. The number of aliphatic imine (C=N–C) groups is 1. The maximum absolute atomic E-state index is 14.6. The molecular formula is C20H15ClF2N2. The van der Waals surface area contributed by atoms with E-state index >= 15 is 0 Å². The van der Waals surface area contributed by atoms with Gasteiger partial charge in [-0.3, -0.25) is 9.98 Å². The molecule has 0 saturated carbocycles. The van der Waals surface area contributed by atoms with Crippen LogP contribution < -0.4 is 0 Å². The lowest BCUT2D eigenvalue weighted by molar-refractivity contribution is 0.492. The molecule has 0 amide bonds. The van der Waals surface area contributed by atoms with Gasteiger partial charge in [0.25, 0.3) is 0 Å². The minimum atomic E-state index is -0.468. The Morgan fingerprint density at radius 1 is 1.12 bits per heavy atom. The first-order chi connectivity index (χ1) is 11.9. The van der Waals surface area contributed by atoms with Crippen molar-refractivity contribution in [3.8, 4) is 0 Å². The highest BCUT2D eigenvalue weighted by Crippen LogP contribution is 2.34. The summed E-state index contributed by atoms with van der Waals surface area (Å²) in [6.45, 7) is 3.90. The van der Waals surface area contributed by atoms with Crippen LogP contribution in [0.25, 0.3) is 10.9 Å². The van der Waals surface area contributed by atoms with E-state index < -0.39 is 11.4 Å². The first-order valence-electron chi connectivity index (χ1n) is 7.97. The predicted octanol–water partition coefficient (Wildman–Crippen LogP) is 5.34. The second kappa shape index (κ2) is 5.60. The van der Waals surface area contributed by atoms with Crippen molar-refractivity contribution in [1.29, 1.82) is 0 Å². The summed E-state index contributed by atoms with van der Waals surface area (Å²) >= 11 is 5.96. The fraction of sp³-hybridized carbons (Fsp3) is 0.200. The molecule has 0 unspecified atom stereocenters. The molecule has 1 aliphatic rings. The number of hydrogen-bond donors (Lipinski definition) is 0. The second-order valence-electron chi connectivity index (χ2n) is 6.87. The predicted molar refractivity (Wildman–Crippen MR) is 96.5 cm³/mol. The Hall–Kier alpha value is -2.33. The highest BCUT2D eigenvalue weighted by atomic mass is 35.5. The summed E-state index contributed by atoms with van der Waals surface area (Å²) in [6, 6.07) is 9.98. The van der Waals surface area contributed by atoms with E-state index in [1.807, 2.05) is 19.9 Å². The molecule has 1 aliphatic heterocycles. The number of benzene rings is 2. The van der Waals surface area contributed by atoms with Gasteiger partial charge in [0, 0.05) is 34.7 Å². The van der Waals surface area contributed by atoms with Gasteiger partial charge in [-0.2, -0.15) is 0 Å². The van der Waals surface area contributed by atoms with E-state index in [1.54, 1.807) is 24.4 Å². The van der Waals surface area contributed by atoms with Crippen molar-refractivity contribution < 1.29 is 8.78 Å². The van der Waals surface area contributed by atoms with Gasteiger partial charge < -0.3 is 0 Å². The quantitative estimate of drug-likeness (QED) is 0.578. The van der Waals surface area contributed by atoms with E-state index in [4.69, 9.17) is 16.6 Å². The fourth-order valence-electron chi connectivity index (χ4n) is 3.30. The van der Waals surface area contributed by atoms with Crippen molar-refractivity contribution in [3.05, 3.63) is 75.9 Å². The highest BCUT2D eigenvalue weighted by Gasteiger charge is 2.30. The lowest BCUT2D eigenvalue weighted by atomic mass is 9.84. The first kappa shape index (κ1) is 16.2. The Balaban J connectivity index is 1.96. The third-order valence-corrected chi connectivity index (χ3v) is 4.70. The maximum Gasteiger partial charge on any atom is 0.149 e. The molecule has 1 aromatic heterocycles. The lowest BCUT2D eigenvalue weighted by Gasteiger charge is -2.29. The summed E-state index contributed by atoms with van der Waals surface area (Å²) in [6.07, 6.45) is 2.05. The molecule has 0 bridgehead atoms. The van der Waals surface area contributed by atoms with Crippen molar-refractivity contribution >= 4 is 28.2 Å². The van der Waals surface area contributed by atoms with Crippen LogP contribution in [0.2, 0.25) is 5.02 Å². The Bertz CT molecular complexity index is 1040. The third-order valence-electron chi connectivity index (χ3n) is 4.41. The molecule has 0 saturated heterocycles. The van der Waals surface area contributed by atoms with Gasteiger partial charge >= 0.3 is 0 Å². The Morgan fingerprint density at radius 2 is 1.92 bits per heavy atom. The van der Waals surface area contributed by atoms with E-state index in [2.05, 4.69) is 4.98 Å². The van der Waals surface area contributed by atoms with Crippen LogP contribution in [0.3, 0.4) is 0 Å². The van der Waals surface area contributed by atoms with E-state index in [1.165, 1.54) is 12.1 Å². The molecule has 0 fully saturated rings. The van der Waals surface area contributed by atoms with Gasteiger partial charge in [0.15, 0.2) is 0 Å². The summed E-state index contributed by atoms with van der Waals surface area (Å²) in [5.74, 6) is -0.771. The van der Waals surface area contributed by atoms with E-state index in [9.17, 15) is 8.78 Å². The number of fused-ring (bicyclic) bond motifs is 2. The van der Waals surface area contributed by atoms with Gasteiger partial charge in [-0.25, -0.2) is 8.78 Å². The van der Waals surface area contributed by atoms with Crippen LogP contribution in [0.5, 0.6) is 0 Å². The number of pyridine rings is 1. The van der Waals surface area contributed by atoms with Gasteiger partial charge in [0.1, 0.15) is 17.2 Å². The zero-order valence-corrected chi connectivity index (χ0v) is 14.5. The topological polar surface area (TPSA) is 25.2 Å². The van der Waals surface area contributed by atoms with Crippen LogP contribution in [-0.4, -0.2) is 16.2 Å². The Morgan fingerprint density at radius 3 is 2.72 bits per heavy atom. The number of halogens is 3. The molecule has 3 aromatic rings. The number of para-hydroxylation sites is 1. The van der Waals surface area contributed by atoms with Gasteiger partial charge in [-0.1, -0.05) is 29.8 Å². The van der Waals surface area contributed by atoms with E-state index in [0.29, 0.717) is 34.2 Å². The molecule has 0 aliphatic carbocycles. The minimum absolute atomic E-state index is 0.106. The van der Waals surface area contributed by atoms with Crippen molar-refractivity contribution in [2.45, 2.75) is 25.8 Å². The molecule has 126 valence electrons. The molecule has 2 aromatic carbocycles. The molecule has 0 spiro atoms. The largest absolute Gasteiger partial charge is 0.278 e. The zero-order valence-electron chi connectivity index (χ0n) is 13.8. The minimum Gasteiger partial charge on any atom is -0.278 e. The second-order valence-corrected chi connectivity index (χ2v) is 7.28. The standard InChI is InChI=1S/C20H15ClF2N2/c1-20(2)9-14-13(6-7-15(21)17(14)23)18(25-20)12-8-11-4-3-5-16(22)19(11)24-10-12/h3-8,10H,9H2,1-2H3. The highest BCUT2D eigenvalue weighted by molar-refractivity contribution is 6.31. The zero-order chi connectivity index (χ0) is 17.8. The van der Waals surface area contributed by atoms with Crippen molar-refractivity contribution in [2.75, 3.05) is 0 Å². The van der Waals surface area contributed by atoms with Gasteiger partial charge in [0.05, 0.1) is 16.3 Å². The summed E-state index contributed by atoms with van der Waals surface area (Å²) in [7, 11) is 0. The van der Waals surface area contributed by atoms with Crippen LogP contribution in [-0.2, 0) is 6.42 Å². The van der Waals surface area contributed by atoms with Crippen molar-refractivity contribution in [2.24, 2.45) is 4.99 Å². The molecule has 0 atom stereocenters. The normalized spacial score (nSPS) is 15.8. The van der Waals surface area contributed by atoms with Crippen LogP contribution in [0.15, 0.2) is 47.6 Å². The molecule has 25 heavy (non-hydrogen) atoms. The number of rotatable bonds is 1. The van der Waals surface area contributed by atoms with Gasteiger partial charge in [0.2, 0.25) is 0 Å². The van der Waals surface area contributed by atoms with Crippen molar-refractivity contribution in [3.63, 3.8) is 0 Å². The third kappa shape index (κ3) is 2.71. The number of aromatic nitrogens is 1. The van der Waals surface area contributed by atoms with E-state index in [-0.39, 0.29) is 10.8 Å². The summed E-state index contributed by atoms with van der Waals surface area (Å²) < 4.78 is 28.4. The summed E-state index contributed by atoms with van der Waals surface area (Å²) in [5.41, 5.74) is 2.49. The Labute approximate surface area is 149 Å². The molecule has 2 nitrogen and oxygen atoms in total. The molecule has 0 radical (unpaired) electrons. The van der Waals surface area contributed by atoms with Crippen molar-refractivity contribution in [1.82, 2.24) is 4.98 Å². The summed E-state index contributed by atoms with van der Waals surface area (Å²) in [4.78, 5) is 9.04. The molecule has 5 heteroatoms.